The van der Waals surface area contributed by atoms with Crippen molar-refractivity contribution in [3.8, 4) is 0 Å². The fraction of sp³-hybridized carbons (Fsp3) is 0.182. The van der Waals surface area contributed by atoms with Crippen molar-refractivity contribution in [3.05, 3.63) is 35.9 Å². The number of hydrogen-bond acceptors (Lipinski definition) is 4. The van der Waals surface area contributed by atoms with E-state index in [-0.39, 0.29) is 16.7 Å². The summed E-state index contributed by atoms with van der Waals surface area (Å²) in [4.78, 5) is 34.2. The maximum Gasteiger partial charge on any atom is 0.252 e. The Morgan fingerprint density at radius 1 is 1.25 bits per heavy atom. The molecule has 1 unspecified atom stereocenters. The lowest BCUT2D eigenvalue weighted by molar-refractivity contribution is -0.122. The summed E-state index contributed by atoms with van der Waals surface area (Å²) in [6, 6.07) is 7.53. The van der Waals surface area contributed by atoms with Gasteiger partial charge in [0.2, 0.25) is 5.12 Å². The van der Waals surface area contributed by atoms with Crippen molar-refractivity contribution in [2.75, 3.05) is 5.75 Å². The standard InChI is InChI=1S/C11H9NO3S/c13-8-6-16-11(15)9(8)12-10(14)7-4-2-1-3-5-7/h1-5,9H,6H2,(H,12,14). The Morgan fingerprint density at radius 3 is 2.50 bits per heavy atom. The minimum absolute atomic E-state index is 0.151. The van der Waals surface area contributed by atoms with E-state index in [1.54, 1.807) is 30.3 Å². The second kappa shape index (κ2) is 4.49. The molecule has 0 aliphatic carbocycles. The monoisotopic (exact) mass is 235 g/mol. The van der Waals surface area contributed by atoms with Gasteiger partial charge in [-0.25, -0.2) is 0 Å². The van der Waals surface area contributed by atoms with Gasteiger partial charge in [0.05, 0.1) is 5.75 Å². The molecule has 4 nitrogen and oxygen atoms in total. The summed E-state index contributed by atoms with van der Waals surface area (Å²) in [5.74, 6) is -0.479. The first-order valence-electron chi connectivity index (χ1n) is 4.74. The van der Waals surface area contributed by atoms with Crippen LogP contribution in [-0.2, 0) is 9.59 Å². The van der Waals surface area contributed by atoms with Gasteiger partial charge in [-0.1, -0.05) is 30.0 Å². The molecule has 1 aromatic rings. The molecule has 1 aromatic carbocycles. The predicted octanol–water partition coefficient (Wildman–Crippen LogP) is 0.627. The lowest BCUT2D eigenvalue weighted by Crippen LogP contribution is -2.42. The molecule has 0 saturated carbocycles. The number of Topliss-reactive ketones (excluding diaryl/α,β-unsaturated/α-hetero) is 1. The van der Waals surface area contributed by atoms with Crippen molar-refractivity contribution in [3.63, 3.8) is 0 Å². The molecule has 1 aliphatic rings. The predicted molar refractivity (Wildman–Crippen MR) is 60.2 cm³/mol. The Morgan fingerprint density at radius 2 is 1.94 bits per heavy atom. The molecule has 2 rings (SSSR count). The molecule has 1 amide bonds. The van der Waals surface area contributed by atoms with Gasteiger partial charge in [-0.3, -0.25) is 14.4 Å². The molecule has 1 N–H and O–H groups in total. The molecule has 1 fully saturated rings. The summed E-state index contributed by atoms with van der Waals surface area (Å²) >= 11 is 0.947. The van der Waals surface area contributed by atoms with E-state index in [0.29, 0.717) is 5.56 Å². The van der Waals surface area contributed by atoms with Gasteiger partial charge < -0.3 is 5.32 Å². The van der Waals surface area contributed by atoms with E-state index in [1.807, 2.05) is 0 Å². The molecule has 5 heteroatoms. The number of carbonyl (C=O) groups is 3. The average molecular weight is 235 g/mol. The SMILES string of the molecule is O=C(NC1C(=O)CSC1=O)c1ccccc1. The van der Waals surface area contributed by atoms with Gasteiger partial charge >= 0.3 is 0 Å². The van der Waals surface area contributed by atoms with Crippen LogP contribution in [0.4, 0.5) is 0 Å². The van der Waals surface area contributed by atoms with Crippen molar-refractivity contribution in [1.82, 2.24) is 5.32 Å². The van der Waals surface area contributed by atoms with Gasteiger partial charge in [0.25, 0.3) is 5.91 Å². The van der Waals surface area contributed by atoms with Gasteiger partial charge in [-0.2, -0.15) is 0 Å². The molecule has 0 aromatic heterocycles. The highest BCUT2D eigenvalue weighted by atomic mass is 32.2. The number of hydrogen-bond donors (Lipinski definition) is 1. The summed E-state index contributed by atoms with van der Waals surface area (Å²) in [5, 5.41) is 2.15. The zero-order valence-corrected chi connectivity index (χ0v) is 9.12. The Hall–Kier alpha value is -1.62. The van der Waals surface area contributed by atoms with Crippen molar-refractivity contribution in [2.45, 2.75) is 6.04 Å². The van der Waals surface area contributed by atoms with E-state index < -0.39 is 11.9 Å². The zero-order chi connectivity index (χ0) is 11.5. The average Bonchev–Trinajstić information content (AvgIpc) is 2.62. The summed E-state index contributed by atoms with van der Waals surface area (Å²) in [5.41, 5.74) is 0.444. The van der Waals surface area contributed by atoms with Crippen LogP contribution in [0, 0.1) is 0 Å². The quantitative estimate of drug-likeness (QED) is 0.764. The normalized spacial score (nSPS) is 19.9. The molecule has 0 radical (unpaired) electrons. The van der Waals surface area contributed by atoms with Crippen LogP contribution in [-0.4, -0.2) is 28.6 Å². The fourth-order valence-electron chi connectivity index (χ4n) is 1.38. The lowest BCUT2D eigenvalue weighted by Gasteiger charge is -2.08. The topological polar surface area (TPSA) is 63.2 Å². The van der Waals surface area contributed by atoms with Crippen LogP contribution in [0.2, 0.25) is 0 Å². The third-order valence-corrected chi connectivity index (χ3v) is 3.17. The molecule has 1 saturated heterocycles. The van der Waals surface area contributed by atoms with Crippen LogP contribution < -0.4 is 5.32 Å². The largest absolute Gasteiger partial charge is 0.335 e. The first kappa shape index (κ1) is 10.9. The van der Waals surface area contributed by atoms with Crippen LogP contribution in [0.3, 0.4) is 0 Å². The van der Waals surface area contributed by atoms with Crippen molar-refractivity contribution in [1.29, 1.82) is 0 Å². The Labute approximate surface area is 96.4 Å². The molecular formula is C11H9NO3S. The van der Waals surface area contributed by atoms with Crippen molar-refractivity contribution >= 4 is 28.6 Å². The summed E-state index contributed by atoms with van der Waals surface area (Å²) in [6.45, 7) is 0. The maximum absolute atomic E-state index is 11.7. The molecule has 82 valence electrons. The van der Waals surface area contributed by atoms with E-state index in [4.69, 9.17) is 0 Å². The Balaban J connectivity index is 2.08. The highest BCUT2D eigenvalue weighted by Gasteiger charge is 2.35. The van der Waals surface area contributed by atoms with Crippen molar-refractivity contribution < 1.29 is 14.4 Å². The van der Waals surface area contributed by atoms with Crippen LogP contribution in [0.25, 0.3) is 0 Å². The third kappa shape index (κ3) is 2.14. The van der Waals surface area contributed by atoms with Gasteiger partial charge in [0.15, 0.2) is 11.8 Å². The number of nitrogens with one attached hydrogen (secondary N) is 1. The molecule has 16 heavy (non-hydrogen) atoms. The Kier molecular flexibility index (Phi) is 3.05. The van der Waals surface area contributed by atoms with Gasteiger partial charge in [-0.15, -0.1) is 0 Å². The summed E-state index contributed by atoms with van der Waals surface area (Å²) in [6.07, 6.45) is 0. The molecular weight excluding hydrogens is 226 g/mol. The fourth-order valence-corrected chi connectivity index (χ4v) is 2.19. The Bertz CT molecular complexity index is 428. The summed E-state index contributed by atoms with van der Waals surface area (Å²) in [7, 11) is 0. The van der Waals surface area contributed by atoms with E-state index >= 15 is 0 Å². The minimum Gasteiger partial charge on any atom is -0.335 e. The molecule has 1 heterocycles. The minimum atomic E-state index is -0.974. The number of amides is 1. The number of carbonyl (C=O) groups excluding carboxylic acids is 3. The van der Waals surface area contributed by atoms with Gasteiger partial charge in [0, 0.05) is 5.56 Å². The number of thioether (sulfide) groups is 1. The second-order valence-electron chi connectivity index (χ2n) is 3.35. The van der Waals surface area contributed by atoms with E-state index in [2.05, 4.69) is 5.32 Å². The van der Waals surface area contributed by atoms with Crippen LogP contribution in [0.1, 0.15) is 10.4 Å². The molecule has 1 atom stereocenters. The molecule has 0 spiro atoms. The highest BCUT2D eigenvalue weighted by molar-refractivity contribution is 8.15. The van der Waals surface area contributed by atoms with E-state index in [9.17, 15) is 14.4 Å². The number of ketones is 1. The lowest BCUT2D eigenvalue weighted by atomic mass is 10.2. The van der Waals surface area contributed by atoms with Gasteiger partial charge in [0.1, 0.15) is 0 Å². The van der Waals surface area contributed by atoms with Crippen molar-refractivity contribution in [2.24, 2.45) is 0 Å². The number of benzene rings is 1. The van der Waals surface area contributed by atoms with Crippen LogP contribution in [0.5, 0.6) is 0 Å². The molecule has 0 bridgehead atoms. The van der Waals surface area contributed by atoms with Crippen LogP contribution in [0.15, 0.2) is 30.3 Å². The first-order chi connectivity index (χ1) is 7.68. The highest BCUT2D eigenvalue weighted by Crippen LogP contribution is 2.16. The van der Waals surface area contributed by atoms with Crippen LogP contribution >= 0.6 is 11.8 Å². The zero-order valence-electron chi connectivity index (χ0n) is 8.30. The second-order valence-corrected chi connectivity index (χ2v) is 4.33. The smallest absolute Gasteiger partial charge is 0.252 e. The number of rotatable bonds is 2. The summed E-state index contributed by atoms with van der Waals surface area (Å²) < 4.78 is 0. The van der Waals surface area contributed by atoms with E-state index in [0.717, 1.165) is 11.8 Å². The molecule has 1 aliphatic heterocycles. The van der Waals surface area contributed by atoms with Gasteiger partial charge in [-0.05, 0) is 12.1 Å². The van der Waals surface area contributed by atoms with E-state index in [1.165, 1.54) is 0 Å². The first-order valence-corrected chi connectivity index (χ1v) is 5.72. The third-order valence-electron chi connectivity index (χ3n) is 2.23. The maximum atomic E-state index is 11.7.